The van der Waals surface area contributed by atoms with Gasteiger partial charge in [-0.2, -0.15) is 0 Å². The van der Waals surface area contributed by atoms with Crippen LogP contribution in [0.4, 0.5) is 0 Å². The predicted molar refractivity (Wildman–Crippen MR) is 21.1 cm³/mol. The summed E-state index contributed by atoms with van der Waals surface area (Å²) in [5.74, 6) is 0. The molecule has 1 radical (unpaired) electrons. The van der Waals surface area contributed by atoms with Gasteiger partial charge in [0, 0.05) is 22.4 Å². The largest absolute Gasteiger partial charge is 0.237 e. The third-order valence-electron chi connectivity index (χ3n) is 0.789. The van der Waals surface area contributed by atoms with Crippen molar-refractivity contribution in [3.63, 3.8) is 0 Å². The first-order chi connectivity index (χ1) is 3.00. The van der Waals surface area contributed by atoms with Crippen LogP contribution in [0, 0.1) is 0 Å². The first-order valence-electron chi connectivity index (χ1n) is 2.24. The van der Waals surface area contributed by atoms with Crippen molar-refractivity contribution in [1.82, 2.24) is 0 Å². The summed E-state index contributed by atoms with van der Waals surface area (Å²) in [5, 5.41) is 0. The molecular formula is C4H8AgO2. The fourth-order valence-electron chi connectivity index (χ4n) is 0.440. The third kappa shape index (κ3) is 3.26. The SMILES string of the molecule is C1CCOOC1.[Ag]. The van der Waals surface area contributed by atoms with Gasteiger partial charge in [0.15, 0.2) is 0 Å². The molecule has 0 atom stereocenters. The number of rotatable bonds is 0. The molecule has 0 unspecified atom stereocenters. The Hall–Kier alpha value is 0.660. The topological polar surface area (TPSA) is 18.5 Å². The van der Waals surface area contributed by atoms with Gasteiger partial charge in [0.2, 0.25) is 0 Å². The third-order valence-corrected chi connectivity index (χ3v) is 0.789. The molecule has 0 amide bonds. The summed E-state index contributed by atoms with van der Waals surface area (Å²) in [7, 11) is 0. The zero-order valence-electron chi connectivity index (χ0n) is 3.95. The average molecular weight is 196 g/mol. The Morgan fingerprint density at radius 2 is 1.29 bits per heavy atom. The quantitative estimate of drug-likeness (QED) is 0.420. The summed E-state index contributed by atoms with van der Waals surface area (Å²) in [5.41, 5.74) is 0. The van der Waals surface area contributed by atoms with Crippen molar-refractivity contribution < 1.29 is 32.2 Å². The molecule has 3 heteroatoms. The zero-order valence-corrected chi connectivity index (χ0v) is 5.43. The maximum atomic E-state index is 4.57. The first kappa shape index (κ1) is 7.66. The smallest absolute Gasteiger partial charge is 0.0823 e. The van der Waals surface area contributed by atoms with E-state index in [1.54, 1.807) is 0 Å². The van der Waals surface area contributed by atoms with Crippen molar-refractivity contribution in [3.8, 4) is 0 Å². The van der Waals surface area contributed by atoms with E-state index >= 15 is 0 Å². The van der Waals surface area contributed by atoms with Gasteiger partial charge in [-0.3, -0.25) is 0 Å². The summed E-state index contributed by atoms with van der Waals surface area (Å²) in [4.78, 5) is 9.14. The van der Waals surface area contributed by atoms with Crippen molar-refractivity contribution in [2.24, 2.45) is 0 Å². The van der Waals surface area contributed by atoms with Crippen LogP contribution in [0.15, 0.2) is 0 Å². The molecule has 0 aromatic carbocycles. The van der Waals surface area contributed by atoms with E-state index in [4.69, 9.17) is 0 Å². The van der Waals surface area contributed by atoms with Gasteiger partial charge in [0.25, 0.3) is 0 Å². The van der Waals surface area contributed by atoms with Crippen LogP contribution >= 0.6 is 0 Å². The standard InChI is InChI=1S/C4H8O2.Ag/c1-2-4-6-5-3-1;/h1-4H2;. The maximum absolute atomic E-state index is 4.57. The summed E-state index contributed by atoms with van der Waals surface area (Å²) in [6.07, 6.45) is 2.31. The molecule has 1 aliphatic heterocycles. The number of hydrogen-bond acceptors (Lipinski definition) is 2. The van der Waals surface area contributed by atoms with Gasteiger partial charge in [-0.05, 0) is 12.8 Å². The molecule has 1 fully saturated rings. The molecule has 7 heavy (non-hydrogen) atoms. The second kappa shape index (κ2) is 4.81. The van der Waals surface area contributed by atoms with Crippen LogP contribution < -0.4 is 0 Å². The minimum absolute atomic E-state index is 0. The molecule has 1 saturated heterocycles. The van der Waals surface area contributed by atoms with E-state index in [0.717, 1.165) is 26.1 Å². The fourth-order valence-corrected chi connectivity index (χ4v) is 0.440. The van der Waals surface area contributed by atoms with Gasteiger partial charge < -0.3 is 0 Å². The van der Waals surface area contributed by atoms with Crippen LogP contribution in [0.1, 0.15) is 12.8 Å². The van der Waals surface area contributed by atoms with Crippen LogP contribution in [-0.4, -0.2) is 13.2 Å². The monoisotopic (exact) mass is 195 g/mol. The van der Waals surface area contributed by atoms with E-state index < -0.39 is 0 Å². The van der Waals surface area contributed by atoms with Gasteiger partial charge in [0.05, 0.1) is 13.2 Å². The van der Waals surface area contributed by atoms with E-state index in [0.29, 0.717) is 0 Å². The van der Waals surface area contributed by atoms with Crippen LogP contribution in [0.5, 0.6) is 0 Å². The van der Waals surface area contributed by atoms with Crippen molar-refractivity contribution in [3.05, 3.63) is 0 Å². The van der Waals surface area contributed by atoms with E-state index in [-0.39, 0.29) is 22.4 Å². The Labute approximate surface area is 58.6 Å². The van der Waals surface area contributed by atoms with Gasteiger partial charge in [-0.1, -0.05) is 0 Å². The van der Waals surface area contributed by atoms with Crippen LogP contribution in [0.25, 0.3) is 0 Å². The molecule has 2 nitrogen and oxygen atoms in total. The summed E-state index contributed by atoms with van der Waals surface area (Å²) in [6, 6.07) is 0. The second-order valence-corrected chi connectivity index (χ2v) is 1.35. The molecule has 1 heterocycles. The van der Waals surface area contributed by atoms with Crippen molar-refractivity contribution in [1.29, 1.82) is 0 Å². The Bertz CT molecular complexity index is 25.2. The van der Waals surface area contributed by atoms with Crippen molar-refractivity contribution in [2.75, 3.05) is 13.2 Å². The molecular weight excluding hydrogens is 188 g/mol. The van der Waals surface area contributed by atoms with Gasteiger partial charge in [-0.25, -0.2) is 9.78 Å². The molecule has 1 aliphatic rings. The van der Waals surface area contributed by atoms with E-state index in [1.165, 1.54) is 0 Å². The Balaban J connectivity index is 0.000000360. The Kier molecular flexibility index (Phi) is 5.26. The number of hydrogen-bond donors (Lipinski definition) is 0. The maximum Gasteiger partial charge on any atom is 0.0823 e. The van der Waals surface area contributed by atoms with Gasteiger partial charge in [0.1, 0.15) is 0 Å². The van der Waals surface area contributed by atoms with E-state index in [9.17, 15) is 0 Å². The molecule has 47 valence electrons. The Morgan fingerprint density at radius 3 is 1.43 bits per heavy atom. The van der Waals surface area contributed by atoms with E-state index in [2.05, 4.69) is 9.78 Å². The average Bonchev–Trinajstić information content (AvgIpc) is 1.72. The summed E-state index contributed by atoms with van der Waals surface area (Å²) < 4.78 is 0. The van der Waals surface area contributed by atoms with E-state index in [1.807, 2.05) is 0 Å². The fraction of sp³-hybridized carbons (Fsp3) is 1.00. The van der Waals surface area contributed by atoms with Crippen molar-refractivity contribution in [2.45, 2.75) is 12.8 Å². The summed E-state index contributed by atoms with van der Waals surface area (Å²) >= 11 is 0. The first-order valence-corrected chi connectivity index (χ1v) is 2.24. The molecule has 0 bridgehead atoms. The normalized spacial score (nSPS) is 20.6. The molecule has 1 rings (SSSR count). The predicted octanol–water partition coefficient (Wildman–Crippen LogP) is 0.726. The molecule has 0 N–H and O–H groups in total. The molecule has 0 aromatic heterocycles. The summed E-state index contributed by atoms with van der Waals surface area (Å²) in [6.45, 7) is 1.56. The minimum Gasteiger partial charge on any atom is -0.237 e. The minimum atomic E-state index is 0. The van der Waals surface area contributed by atoms with Crippen LogP contribution in [0.2, 0.25) is 0 Å². The second-order valence-electron chi connectivity index (χ2n) is 1.35. The Morgan fingerprint density at radius 1 is 0.857 bits per heavy atom. The molecule has 0 aromatic rings. The zero-order chi connectivity index (χ0) is 4.24. The van der Waals surface area contributed by atoms with Crippen molar-refractivity contribution >= 4 is 0 Å². The van der Waals surface area contributed by atoms with Crippen LogP contribution in [-0.2, 0) is 32.2 Å². The van der Waals surface area contributed by atoms with Gasteiger partial charge in [-0.15, -0.1) is 0 Å². The van der Waals surface area contributed by atoms with Gasteiger partial charge >= 0.3 is 0 Å². The van der Waals surface area contributed by atoms with Crippen LogP contribution in [0.3, 0.4) is 0 Å². The molecule has 0 saturated carbocycles. The molecule has 0 aliphatic carbocycles. The molecule has 0 spiro atoms.